The first-order valence-corrected chi connectivity index (χ1v) is 20.2. The lowest BCUT2D eigenvalue weighted by molar-refractivity contribution is -0.286. The van der Waals surface area contributed by atoms with Crippen molar-refractivity contribution in [3.8, 4) is 80.1 Å². The maximum Gasteiger partial charge on any atom is 0.341 e. The Morgan fingerprint density at radius 1 is 0.634 bits per heavy atom. The lowest BCUT2D eigenvalue weighted by Gasteiger charge is -2.45. The summed E-state index contributed by atoms with van der Waals surface area (Å²) in [5.41, 5.74) is -11.3. The molecule has 27 heteroatoms. The third-order valence-electron chi connectivity index (χ3n) is 12.2. The maximum atomic E-state index is 14.9. The number of hydrogen-bond donors (Lipinski definition) is 13. The number of hydrogen-bond acceptors (Lipinski definition) is 27. The fourth-order valence-electron chi connectivity index (χ4n) is 8.90. The zero-order valence-corrected chi connectivity index (χ0v) is 35.4. The number of aromatic hydroxyl groups is 11. The van der Waals surface area contributed by atoms with Gasteiger partial charge in [0.2, 0.25) is 29.6 Å². The van der Waals surface area contributed by atoms with Gasteiger partial charge in [-0.2, -0.15) is 0 Å². The summed E-state index contributed by atoms with van der Waals surface area (Å²) in [6.07, 6.45) is -13.2. The molecule has 5 aliphatic rings. The lowest BCUT2D eigenvalue weighted by Crippen LogP contribution is -2.67. The Morgan fingerprint density at radius 2 is 1.15 bits per heavy atom. The predicted octanol–water partition coefficient (Wildman–Crippen LogP) is -0.0722. The van der Waals surface area contributed by atoms with Crippen LogP contribution in [0.15, 0.2) is 42.0 Å². The van der Waals surface area contributed by atoms with Crippen LogP contribution in [0.3, 0.4) is 0 Å². The highest BCUT2D eigenvalue weighted by atomic mass is 16.7. The van der Waals surface area contributed by atoms with Crippen LogP contribution in [0.25, 0.3) is 11.1 Å². The van der Waals surface area contributed by atoms with Crippen LogP contribution in [0.1, 0.15) is 66.3 Å². The van der Waals surface area contributed by atoms with Crippen molar-refractivity contribution in [1.82, 2.24) is 0 Å². The van der Waals surface area contributed by atoms with Crippen LogP contribution in [-0.2, 0) is 42.8 Å². The molecular weight excluding hydrogens is 960 g/mol. The summed E-state index contributed by atoms with van der Waals surface area (Å²) in [5, 5.41) is 141. The van der Waals surface area contributed by atoms with E-state index in [0.717, 1.165) is 6.92 Å². The van der Waals surface area contributed by atoms with E-state index in [2.05, 4.69) is 0 Å². The molecule has 0 spiro atoms. The Morgan fingerprint density at radius 3 is 1.75 bits per heavy atom. The SMILES string of the molecule is CC(=O)C[C@@]1(O)C(=O)C=C2C(=O)O[C@@H]3[C@@H](OC(=O)c4cc(O)c(O)c(O)c4)[C@H](OC(=O)c4cc(O)c(O)c5c4[C@@H]2[C@]1(O)O5)O[C@@H]1COC(=O)c2cc(O)c(O)c(O)c2-c2c(cc(O)c(O)c2O)C(=O)O[C@@H]31. The van der Waals surface area contributed by atoms with Crippen LogP contribution in [0, 0.1) is 0 Å². The van der Waals surface area contributed by atoms with Crippen LogP contribution in [0.4, 0.5) is 0 Å². The minimum Gasteiger partial charge on any atom is -0.504 e. The van der Waals surface area contributed by atoms with Crippen LogP contribution >= 0.6 is 0 Å². The number of phenolic OH excluding ortho intramolecular Hbond substituents is 11. The average molecular weight is 993 g/mol. The summed E-state index contributed by atoms with van der Waals surface area (Å²) in [4.78, 5) is 98.3. The van der Waals surface area contributed by atoms with E-state index < -0.39 is 216 Å². The predicted molar refractivity (Wildman–Crippen MR) is 217 cm³/mol. The first-order chi connectivity index (χ1) is 33.3. The summed E-state index contributed by atoms with van der Waals surface area (Å²) >= 11 is 0. The van der Waals surface area contributed by atoms with Crippen LogP contribution in [0.2, 0.25) is 0 Å². The zero-order valence-electron chi connectivity index (χ0n) is 35.4. The highest BCUT2D eigenvalue weighted by molar-refractivity contribution is 6.11. The molecule has 27 nitrogen and oxygen atoms in total. The molecule has 8 atom stereocenters. The average Bonchev–Trinajstić information content (AvgIpc) is 3.63. The van der Waals surface area contributed by atoms with Gasteiger partial charge in [-0.3, -0.25) is 9.59 Å². The second kappa shape index (κ2) is 15.9. The number of carbonyl (C=O) groups is 7. The number of aliphatic hydroxyl groups is 2. The number of phenols is 11. The topological polar surface area (TPSA) is 447 Å². The first-order valence-electron chi connectivity index (χ1n) is 20.2. The number of ether oxygens (including phenoxy) is 7. The van der Waals surface area contributed by atoms with Gasteiger partial charge in [-0.25, -0.2) is 24.0 Å². The molecule has 0 radical (unpaired) electrons. The molecule has 1 aliphatic carbocycles. The molecule has 71 heavy (non-hydrogen) atoms. The number of ketones is 2. The first kappa shape index (κ1) is 46.9. The molecule has 370 valence electrons. The molecule has 4 aromatic carbocycles. The fraction of sp³-hybridized carbons (Fsp3) is 0.250. The second-order valence-corrected chi connectivity index (χ2v) is 16.5. The van der Waals surface area contributed by atoms with E-state index in [1.807, 2.05) is 0 Å². The van der Waals surface area contributed by atoms with Gasteiger partial charge < -0.3 is 99.5 Å². The Kier molecular flexibility index (Phi) is 10.5. The van der Waals surface area contributed by atoms with Gasteiger partial charge in [-0.05, 0) is 43.3 Å². The number of Topliss-reactive ketones (excluding diaryl/α,β-unsaturated/α-hetero) is 1. The minimum atomic E-state index is -3.56. The summed E-state index contributed by atoms with van der Waals surface area (Å²) in [6, 6.07) is 2.47. The van der Waals surface area contributed by atoms with E-state index in [1.54, 1.807) is 0 Å². The number of fused-ring (bicyclic) bond motifs is 7. The van der Waals surface area contributed by atoms with Crippen molar-refractivity contribution < 1.29 is 133 Å². The molecule has 1 saturated heterocycles. The van der Waals surface area contributed by atoms with E-state index in [1.165, 1.54) is 0 Å². The number of carbonyl (C=O) groups excluding carboxylic acids is 7. The summed E-state index contributed by atoms with van der Waals surface area (Å²) in [5.74, 6) is -32.2. The molecule has 4 heterocycles. The molecule has 0 aromatic heterocycles. The third-order valence-corrected chi connectivity index (χ3v) is 12.2. The summed E-state index contributed by atoms with van der Waals surface area (Å²) in [7, 11) is 0. The highest BCUT2D eigenvalue weighted by Gasteiger charge is 2.71. The lowest BCUT2D eigenvalue weighted by atomic mass is 9.67. The van der Waals surface area contributed by atoms with Gasteiger partial charge in [0.05, 0.1) is 33.7 Å². The molecule has 4 aromatic rings. The Balaban J connectivity index is 1.28. The van der Waals surface area contributed by atoms with Crippen molar-refractivity contribution in [3.63, 3.8) is 0 Å². The number of cyclic esters (lactones) is 1. The van der Waals surface area contributed by atoms with E-state index in [9.17, 15) is 99.9 Å². The van der Waals surface area contributed by atoms with Crippen molar-refractivity contribution in [2.75, 3.05) is 6.61 Å². The standard InChI is InChI=1S/C44H32O27/c1-10(45)8-43(63)22(51)7-15-26-25-14(6-20(50)30(55)34(25)71-44(26,43)64)40(61)70-42-36(69-37(58)11-2-16(46)27(52)17(47)3-11)35(68-41(15)62)33-21(66-42)9-65-38(59)12-4-18(48)28(53)31(56)23(12)24-13(39(60)67-33)5-19(49)29(54)32(24)57/h2-7,21,26,33,35-36,42,46-50,52-57,63-64H,8-9H2,1H3/t21-,26-,33-,35+,36-,42+,43-,44+/m1/s1. The van der Waals surface area contributed by atoms with Crippen molar-refractivity contribution in [2.24, 2.45) is 0 Å². The maximum absolute atomic E-state index is 14.9. The molecule has 0 unspecified atom stereocenters. The monoisotopic (exact) mass is 992 g/mol. The molecular formula is C44H32O27. The molecule has 4 aliphatic heterocycles. The van der Waals surface area contributed by atoms with Gasteiger partial charge in [-0.15, -0.1) is 0 Å². The van der Waals surface area contributed by atoms with Crippen molar-refractivity contribution in [3.05, 3.63) is 69.8 Å². The smallest absolute Gasteiger partial charge is 0.341 e. The molecule has 2 bridgehead atoms. The molecule has 0 saturated carbocycles. The van der Waals surface area contributed by atoms with Gasteiger partial charge in [0.25, 0.3) is 5.79 Å². The van der Waals surface area contributed by atoms with Gasteiger partial charge in [0, 0.05) is 23.1 Å². The number of benzene rings is 4. The fourth-order valence-corrected chi connectivity index (χ4v) is 8.90. The van der Waals surface area contributed by atoms with Crippen molar-refractivity contribution in [1.29, 1.82) is 0 Å². The quantitative estimate of drug-likeness (QED) is 0.0723. The Labute approximate surface area is 391 Å². The number of esters is 5. The van der Waals surface area contributed by atoms with E-state index >= 15 is 0 Å². The molecule has 13 N–H and O–H groups in total. The minimum absolute atomic E-state index is 0.338. The van der Waals surface area contributed by atoms with Crippen LogP contribution in [-0.4, -0.2) is 156 Å². The van der Waals surface area contributed by atoms with E-state index in [0.29, 0.717) is 36.4 Å². The van der Waals surface area contributed by atoms with Crippen molar-refractivity contribution >= 4 is 41.4 Å². The van der Waals surface area contributed by atoms with E-state index in [-0.39, 0.29) is 0 Å². The molecule has 1 fully saturated rings. The summed E-state index contributed by atoms with van der Waals surface area (Å²) < 4.78 is 39.7. The van der Waals surface area contributed by atoms with Gasteiger partial charge >= 0.3 is 29.8 Å². The largest absolute Gasteiger partial charge is 0.504 e. The second-order valence-electron chi connectivity index (χ2n) is 16.5. The third kappa shape index (κ3) is 6.88. The molecule has 9 rings (SSSR count). The zero-order chi connectivity index (χ0) is 51.7. The highest BCUT2D eigenvalue weighted by Crippen LogP contribution is 2.61. The van der Waals surface area contributed by atoms with E-state index in [4.69, 9.17) is 33.2 Å². The normalized spacial score (nSPS) is 26.4. The van der Waals surface area contributed by atoms with Gasteiger partial charge in [-0.1, -0.05) is 0 Å². The van der Waals surface area contributed by atoms with Crippen LogP contribution < -0.4 is 4.74 Å². The molecule has 0 amide bonds. The van der Waals surface area contributed by atoms with Gasteiger partial charge in [0.1, 0.15) is 18.5 Å². The van der Waals surface area contributed by atoms with Crippen molar-refractivity contribution in [2.45, 2.75) is 61.4 Å². The number of rotatable bonds is 4. The Hall–Kier alpha value is -9.21. The Bertz CT molecular complexity index is 3150. The van der Waals surface area contributed by atoms with Crippen LogP contribution in [0.5, 0.6) is 69.0 Å². The van der Waals surface area contributed by atoms with Gasteiger partial charge in [0.15, 0.2) is 75.3 Å². The summed E-state index contributed by atoms with van der Waals surface area (Å²) in [6.45, 7) is -0.379.